The molecule has 0 saturated carbocycles. The van der Waals surface area contributed by atoms with Crippen molar-refractivity contribution >= 4 is 17.9 Å². The van der Waals surface area contributed by atoms with Crippen LogP contribution in [0.2, 0.25) is 0 Å². The zero-order valence-electron chi connectivity index (χ0n) is 37.3. The molecule has 0 N–H and O–H groups in total. The third-order valence-electron chi connectivity index (χ3n) is 9.99. The molecule has 0 aromatic heterocycles. The summed E-state index contributed by atoms with van der Waals surface area (Å²) in [5.74, 6) is -0.958. The van der Waals surface area contributed by atoms with Crippen molar-refractivity contribution in [3.63, 3.8) is 0 Å². The predicted octanol–water partition coefficient (Wildman–Crippen LogP) is 15.3. The van der Waals surface area contributed by atoms with Gasteiger partial charge in [0.1, 0.15) is 13.2 Å². The van der Waals surface area contributed by atoms with Crippen LogP contribution < -0.4 is 0 Å². The van der Waals surface area contributed by atoms with Gasteiger partial charge in [-0.15, -0.1) is 0 Å². The summed E-state index contributed by atoms with van der Waals surface area (Å²) >= 11 is 0. The van der Waals surface area contributed by atoms with Gasteiger partial charge in [0, 0.05) is 19.3 Å². The molecule has 0 fully saturated rings. The number of carbonyl (C=O) groups is 3. The first kappa shape index (κ1) is 54.1. The first-order valence-electron chi connectivity index (χ1n) is 23.8. The van der Waals surface area contributed by atoms with Crippen LogP contribution in [0.4, 0.5) is 0 Å². The second-order valence-corrected chi connectivity index (χ2v) is 15.6. The van der Waals surface area contributed by atoms with Crippen LogP contribution in [-0.4, -0.2) is 37.2 Å². The Kier molecular flexibility index (Phi) is 43.5. The van der Waals surface area contributed by atoms with Crippen molar-refractivity contribution in [1.29, 1.82) is 0 Å². The molecular formula is C51H88O6. The number of hydrogen-bond donors (Lipinski definition) is 0. The first-order chi connectivity index (χ1) is 28.0. The zero-order valence-corrected chi connectivity index (χ0v) is 37.3. The molecule has 6 heteroatoms. The van der Waals surface area contributed by atoms with E-state index in [9.17, 15) is 14.4 Å². The lowest BCUT2D eigenvalue weighted by molar-refractivity contribution is -0.167. The number of esters is 3. The summed E-state index contributed by atoms with van der Waals surface area (Å²) in [6.07, 6.45) is 55.1. The fraction of sp³-hybridized carbons (Fsp3) is 0.745. The molecular weight excluding hydrogens is 709 g/mol. The van der Waals surface area contributed by atoms with Gasteiger partial charge in [-0.3, -0.25) is 14.4 Å². The summed E-state index contributed by atoms with van der Waals surface area (Å²) in [5.41, 5.74) is 0. The molecule has 6 nitrogen and oxygen atoms in total. The third-order valence-corrected chi connectivity index (χ3v) is 9.99. The molecule has 0 saturated heterocycles. The van der Waals surface area contributed by atoms with E-state index in [4.69, 9.17) is 14.2 Å². The lowest BCUT2D eigenvalue weighted by atomic mass is 10.1. The summed E-state index contributed by atoms with van der Waals surface area (Å²) in [5, 5.41) is 0. The van der Waals surface area contributed by atoms with Gasteiger partial charge in [0.15, 0.2) is 6.10 Å². The molecule has 328 valence electrons. The quantitative estimate of drug-likeness (QED) is 0.0265. The van der Waals surface area contributed by atoms with Crippen LogP contribution in [-0.2, 0) is 28.6 Å². The Balaban J connectivity index is 4.34. The topological polar surface area (TPSA) is 78.9 Å². The summed E-state index contributed by atoms with van der Waals surface area (Å²) < 4.78 is 16.7. The summed E-state index contributed by atoms with van der Waals surface area (Å²) in [4.78, 5) is 37.7. The minimum Gasteiger partial charge on any atom is -0.462 e. The fourth-order valence-electron chi connectivity index (χ4n) is 6.45. The van der Waals surface area contributed by atoms with E-state index in [2.05, 4.69) is 81.5 Å². The Bertz CT molecular complexity index is 1050. The fourth-order valence-corrected chi connectivity index (χ4v) is 6.45. The summed E-state index contributed by atoms with van der Waals surface area (Å²) in [7, 11) is 0. The number of ether oxygens (including phenoxy) is 3. The van der Waals surface area contributed by atoms with E-state index in [-0.39, 0.29) is 31.1 Å². The molecule has 0 bridgehead atoms. The molecule has 0 aliphatic carbocycles. The normalized spacial score (nSPS) is 12.5. The minimum atomic E-state index is -0.795. The first-order valence-corrected chi connectivity index (χ1v) is 23.8. The molecule has 0 amide bonds. The van der Waals surface area contributed by atoms with Crippen molar-refractivity contribution in [3.8, 4) is 0 Å². The van der Waals surface area contributed by atoms with E-state index in [1.165, 1.54) is 77.0 Å². The maximum absolute atomic E-state index is 12.7. The van der Waals surface area contributed by atoms with Crippen LogP contribution in [0.15, 0.2) is 60.8 Å². The van der Waals surface area contributed by atoms with Gasteiger partial charge < -0.3 is 14.2 Å². The smallest absolute Gasteiger partial charge is 0.306 e. The van der Waals surface area contributed by atoms with Gasteiger partial charge in [-0.2, -0.15) is 0 Å². The molecule has 0 spiro atoms. The molecule has 0 aliphatic rings. The molecule has 1 atom stereocenters. The number of unbranched alkanes of at least 4 members (excludes halogenated alkanes) is 21. The predicted molar refractivity (Wildman–Crippen MR) is 242 cm³/mol. The molecule has 0 aromatic rings. The second-order valence-electron chi connectivity index (χ2n) is 15.6. The van der Waals surface area contributed by atoms with Crippen molar-refractivity contribution in [2.24, 2.45) is 0 Å². The van der Waals surface area contributed by atoms with Gasteiger partial charge in [-0.1, -0.05) is 171 Å². The van der Waals surface area contributed by atoms with E-state index in [1.807, 2.05) is 0 Å². The summed E-state index contributed by atoms with van der Waals surface area (Å²) in [6, 6.07) is 0. The van der Waals surface area contributed by atoms with Crippen molar-refractivity contribution in [1.82, 2.24) is 0 Å². The number of hydrogen-bond acceptors (Lipinski definition) is 6. The van der Waals surface area contributed by atoms with Crippen molar-refractivity contribution in [2.45, 2.75) is 232 Å². The minimum absolute atomic E-state index is 0.0950. The van der Waals surface area contributed by atoms with Crippen molar-refractivity contribution < 1.29 is 28.6 Å². The Labute approximate surface area is 351 Å². The Hall–Kier alpha value is -2.89. The number of carbonyl (C=O) groups excluding carboxylic acids is 3. The van der Waals surface area contributed by atoms with Gasteiger partial charge in [0.2, 0.25) is 0 Å². The van der Waals surface area contributed by atoms with Crippen LogP contribution >= 0.6 is 0 Å². The zero-order chi connectivity index (χ0) is 41.5. The van der Waals surface area contributed by atoms with Crippen LogP contribution in [0.3, 0.4) is 0 Å². The molecule has 57 heavy (non-hydrogen) atoms. The van der Waals surface area contributed by atoms with Crippen LogP contribution in [0.25, 0.3) is 0 Å². The molecule has 0 rings (SSSR count). The molecule has 0 heterocycles. The average Bonchev–Trinajstić information content (AvgIpc) is 3.21. The van der Waals surface area contributed by atoms with Crippen LogP contribution in [0, 0.1) is 0 Å². The average molecular weight is 797 g/mol. The van der Waals surface area contributed by atoms with E-state index in [0.29, 0.717) is 19.3 Å². The van der Waals surface area contributed by atoms with Crippen molar-refractivity contribution in [2.75, 3.05) is 13.2 Å². The van der Waals surface area contributed by atoms with E-state index >= 15 is 0 Å². The van der Waals surface area contributed by atoms with Gasteiger partial charge in [0.05, 0.1) is 0 Å². The maximum atomic E-state index is 12.7. The van der Waals surface area contributed by atoms with E-state index in [0.717, 1.165) is 109 Å². The monoisotopic (exact) mass is 797 g/mol. The Morgan fingerprint density at radius 2 is 0.684 bits per heavy atom. The lowest BCUT2D eigenvalue weighted by Crippen LogP contribution is -2.30. The van der Waals surface area contributed by atoms with E-state index in [1.54, 1.807) is 0 Å². The van der Waals surface area contributed by atoms with Gasteiger partial charge in [0.25, 0.3) is 0 Å². The standard InChI is InChI=1S/C51H88O6/c1-4-7-10-13-16-19-21-23-24-25-26-27-28-30-32-35-38-41-44-50(53)56-47-48(46-55-49(52)43-40-37-34-31-18-15-12-9-6-3)57-51(54)45-42-39-36-33-29-22-20-17-14-11-8-5-2/h8-9,11-12,17-18,20,26-27,31,48H,4-7,10,13-16,19,21-25,28-30,32-47H2,1-3H3/b11-8-,12-9-,20-17-,27-26-,31-18-. The Morgan fingerprint density at radius 1 is 0.368 bits per heavy atom. The van der Waals surface area contributed by atoms with Crippen LogP contribution in [0.5, 0.6) is 0 Å². The van der Waals surface area contributed by atoms with Crippen molar-refractivity contribution in [3.05, 3.63) is 60.8 Å². The second kappa shape index (κ2) is 45.8. The van der Waals surface area contributed by atoms with E-state index < -0.39 is 6.10 Å². The highest BCUT2D eigenvalue weighted by Gasteiger charge is 2.19. The van der Waals surface area contributed by atoms with Gasteiger partial charge in [-0.25, -0.2) is 0 Å². The highest BCUT2D eigenvalue weighted by molar-refractivity contribution is 5.71. The largest absolute Gasteiger partial charge is 0.462 e. The SMILES string of the molecule is CC/C=C\C/C=C\CCCCCCCC(=O)OC(COC(=O)CCCC/C=C\C/C=C\CC)COC(=O)CCCCCCC/C=C\CCCCCCCCCCC. The molecule has 1 unspecified atom stereocenters. The lowest BCUT2D eigenvalue weighted by Gasteiger charge is -2.18. The molecule has 0 radical (unpaired) electrons. The number of allylic oxidation sites excluding steroid dienone is 10. The summed E-state index contributed by atoms with van der Waals surface area (Å²) in [6.45, 7) is 6.35. The molecule has 0 aromatic carbocycles. The van der Waals surface area contributed by atoms with Gasteiger partial charge >= 0.3 is 17.9 Å². The number of rotatable bonds is 42. The third kappa shape index (κ3) is 44.1. The maximum Gasteiger partial charge on any atom is 0.306 e. The molecule has 0 aliphatic heterocycles. The highest BCUT2D eigenvalue weighted by Crippen LogP contribution is 2.14. The van der Waals surface area contributed by atoms with Gasteiger partial charge in [-0.05, 0) is 96.3 Å². The highest BCUT2D eigenvalue weighted by atomic mass is 16.6. The van der Waals surface area contributed by atoms with Crippen LogP contribution in [0.1, 0.15) is 226 Å². The Morgan fingerprint density at radius 3 is 1.11 bits per heavy atom.